The van der Waals surface area contributed by atoms with E-state index in [0.29, 0.717) is 18.9 Å². The van der Waals surface area contributed by atoms with Crippen molar-refractivity contribution in [2.24, 2.45) is 11.8 Å². The number of amides is 2. The van der Waals surface area contributed by atoms with Crippen molar-refractivity contribution in [2.75, 3.05) is 18.1 Å². The lowest BCUT2D eigenvalue weighted by Gasteiger charge is -2.32. The Morgan fingerprint density at radius 2 is 1.74 bits per heavy atom. The van der Waals surface area contributed by atoms with Crippen molar-refractivity contribution in [2.45, 2.75) is 18.0 Å². The number of carbonyl (C=O) groups is 2. The molecule has 2 bridgehead atoms. The average Bonchev–Trinajstić information content (AvgIpc) is 3.45. The van der Waals surface area contributed by atoms with Crippen molar-refractivity contribution in [3.63, 3.8) is 0 Å². The molecule has 4 heterocycles. The quantitative estimate of drug-likeness (QED) is 0.603. The van der Waals surface area contributed by atoms with Crippen LogP contribution in [0.4, 0.5) is 5.69 Å². The molecule has 0 aliphatic carbocycles. The van der Waals surface area contributed by atoms with Gasteiger partial charge in [0.1, 0.15) is 0 Å². The van der Waals surface area contributed by atoms with Gasteiger partial charge in [0, 0.05) is 5.39 Å². The molecule has 6 nitrogen and oxygen atoms in total. The molecule has 27 heavy (non-hydrogen) atoms. The molecule has 0 N–H and O–H groups in total. The van der Waals surface area contributed by atoms with E-state index in [1.54, 1.807) is 0 Å². The van der Waals surface area contributed by atoms with Crippen molar-refractivity contribution < 1.29 is 23.8 Å². The van der Waals surface area contributed by atoms with Crippen molar-refractivity contribution >= 4 is 28.3 Å². The van der Waals surface area contributed by atoms with Crippen LogP contribution in [0, 0.1) is 11.8 Å². The van der Waals surface area contributed by atoms with Gasteiger partial charge in [-0.25, -0.2) is 4.90 Å². The molecule has 4 unspecified atom stereocenters. The van der Waals surface area contributed by atoms with Gasteiger partial charge >= 0.3 is 0 Å². The molecule has 2 aromatic rings. The molecule has 4 aliphatic heterocycles. The number of nitrogens with zero attached hydrogens (tertiary/aromatic N) is 1. The second-order valence-electron chi connectivity index (χ2n) is 7.38. The van der Waals surface area contributed by atoms with Crippen LogP contribution >= 0.6 is 0 Å². The number of anilines is 1. The van der Waals surface area contributed by atoms with E-state index in [-0.39, 0.29) is 11.8 Å². The molecule has 3 saturated heterocycles. The Labute approximate surface area is 155 Å². The maximum Gasteiger partial charge on any atom is 0.241 e. The van der Waals surface area contributed by atoms with Crippen molar-refractivity contribution in [1.82, 2.24) is 0 Å². The Kier molecular flexibility index (Phi) is 3.02. The topological polar surface area (TPSA) is 65.1 Å². The zero-order valence-electron chi connectivity index (χ0n) is 14.4. The molecule has 136 valence electrons. The average molecular weight is 363 g/mol. The van der Waals surface area contributed by atoms with E-state index in [9.17, 15) is 9.59 Å². The number of benzene rings is 2. The molecule has 0 saturated carbocycles. The molecule has 6 rings (SSSR count). The second-order valence-corrected chi connectivity index (χ2v) is 7.38. The van der Waals surface area contributed by atoms with Crippen LogP contribution in [-0.2, 0) is 23.8 Å². The first-order valence-corrected chi connectivity index (χ1v) is 9.17. The summed E-state index contributed by atoms with van der Waals surface area (Å²) in [6.07, 6.45) is 2.65. The van der Waals surface area contributed by atoms with Crippen LogP contribution in [0.25, 0.3) is 10.8 Å². The molecule has 6 heteroatoms. The Hall–Kier alpha value is -2.54. The van der Waals surface area contributed by atoms with Gasteiger partial charge < -0.3 is 14.2 Å². The molecule has 4 atom stereocenters. The normalized spacial score (nSPS) is 35.0. The zero-order chi connectivity index (χ0) is 18.2. The van der Waals surface area contributed by atoms with E-state index >= 15 is 0 Å². The van der Waals surface area contributed by atoms with Gasteiger partial charge in [0.25, 0.3) is 0 Å². The van der Waals surface area contributed by atoms with E-state index in [1.165, 1.54) is 4.90 Å². The molecule has 0 aromatic heterocycles. The lowest BCUT2D eigenvalue weighted by atomic mass is 9.76. The van der Waals surface area contributed by atoms with Crippen LogP contribution in [0.1, 0.15) is 0 Å². The summed E-state index contributed by atoms with van der Waals surface area (Å²) in [4.78, 5) is 28.1. The van der Waals surface area contributed by atoms with E-state index in [2.05, 4.69) is 0 Å². The molecule has 3 fully saturated rings. The first-order valence-electron chi connectivity index (χ1n) is 9.17. The summed E-state index contributed by atoms with van der Waals surface area (Å²) in [7, 11) is 0. The van der Waals surface area contributed by atoms with Crippen LogP contribution in [0.2, 0.25) is 0 Å². The third-order valence-corrected chi connectivity index (χ3v) is 6.08. The van der Waals surface area contributed by atoms with E-state index < -0.39 is 29.8 Å². The lowest BCUT2D eigenvalue weighted by molar-refractivity contribution is -0.180. The maximum atomic E-state index is 13.5. The number of imide groups is 1. The minimum absolute atomic E-state index is 0.212. The SMILES string of the molecule is O=C1C2C3C=CC(C4OCCO4)(O3)C2C(=O)N1c1cccc2ccccc12. The van der Waals surface area contributed by atoms with Crippen LogP contribution in [0.3, 0.4) is 0 Å². The lowest BCUT2D eigenvalue weighted by Crippen LogP contribution is -2.49. The van der Waals surface area contributed by atoms with Gasteiger partial charge in [0.2, 0.25) is 11.8 Å². The van der Waals surface area contributed by atoms with Gasteiger partial charge in [0.05, 0.1) is 36.8 Å². The summed E-state index contributed by atoms with van der Waals surface area (Å²) >= 11 is 0. The fraction of sp³-hybridized carbons (Fsp3) is 0.333. The van der Waals surface area contributed by atoms with E-state index in [4.69, 9.17) is 14.2 Å². The number of hydrogen-bond acceptors (Lipinski definition) is 5. The Morgan fingerprint density at radius 3 is 2.59 bits per heavy atom. The highest BCUT2D eigenvalue weighted by molar-refractivity contribution is 6.26. The van der Waals surface area contributed by atoms with Crippen molar-refractivity contribution in [3.05, 3.63) is 54.6 Å². The monoisotopic (exact) mass is 363 g/mol. The van der Waals surface area contributed by atoms with Gasteiger partial charge in [-0.05, 0) is 17.5 Å². The van der Waals surface area contributed by atoms with Crippen molar-refractivity contribution in [3.8, 4) is 0 Å². The van der Waals surface area contributed by atoms with E-state index in [1.807, 2.05) is 54.6 Å². The minimum atomic E-state index is -1.02. The molecule has 0 radical (unpaired) electrons. The van der Waals surface area contributed by atoms with Gasteiger partial charge in [-0.15, -0.1) is 0 Å². The third kappa shape index (κ3) is 1.85. The standard InChI is InChI=1S/C21H17NO5/c23-18-16-15-8-9-21(27-15,20-25-10-11-26-20)17(16)19(24)22(18)14-7-3-5-12-4-1-2-6-13(12)14/h1-9,15-17,20H,10-11H2. The fourth-order valence-corrected chi connectivity index (χ4v) is 4.97. The summed E-state index contributed by atoms with van der Waals surface area (Å²) in [5.41, 5.74) is -0.391. The van der Waals surface area contributed by atoms with Gasteiger partial charge in [-0.1, -0.05) is 42.5 Å². The number of carbonyl (C=O) groups excluding carboxylic acids is 2. The summed E-state index contributed by atoms with van der Waals surface area (Å²) < 4.78 is 17.5. The molecule has 2 aromatic carbocycles. The predicted octanol–water partition coefficient (Wildman–Crippen LogP) is 2.03. The summed E-state index contributed by atoms with van der Waals surface area (Å²) in [5, 5.41) is 1.87. The highest BCUT2D eigenvalue weighted by Crippen LogP contribution is 2.55. The summed E-state index contributed by atoms with van der Waals surface area (Å²) in [6.45, 7) is 0.918. The van der Waals surface area contributed by atoms with Gasteiger partial charge in [-0.2, -0.15) is 0 Å². The largest absolute Gasteiger partial charge is 0.357 e. The first-order chi connectivity index (χ1) is 13.2. The highest BCUT2D eigenvalue weighted by atomic mass is 16.7. The Bertz CT molecular complexity index is 1010. The second kappa shape index (κ2) is 5.25. The molecule has 2 amide bonds. The van der Waals surface area contributed by atoms with Crippen LogP contribution < -0.4 is 4.90 Å². The van der Waals surface area contributed by atoms with Gasteiger partial charge in [-0.3, -0.25) is 9.59 Å². The third-order valence-electron chi connectivity index (χ3n) is 6.08. The number of hydrogen-bond donors (Lipinski definition) is 0. The smallest absolute Gasteiger partial charge is 0.241 e. The molecule has 4 aliphatic rings. The molecular formula is C21H17NO5. The highest BCUT2D eigenvalue weighted by Gasteiger charge is 2.71. The summed E-state index contributed by atoms with van der Waals surface area (Å²) in [5.74, 6) is -1.61. The zero-order valence-corrected chi connectivity index (χ0v) is 14.4. The number of rotatable bonds is 2. The Morgan fingerprint density at radius 1 is 0.963 bits per heavy atom. The maximum absolute atomic E-state index is 13.5. The van der Waals surface area contributed by atoms with Crippen LogP contribution in [-0.4, -0.2) is 43.0 Å². The predicted molar refractivity (Wildman–Crippen MR) is 95.9 cm³/mol. The fourth-order valence-electron chi connectivity index (χ4n) is 4.97. The molecule has 0 spiro atoms. The first kappa shape index (κ1) is 15.5. The van der Waals surface area contributed by atoms with Crippen LogP contribution in [0.5, 0.6) is 0 Å². The van der Waals surface area contributed by atoms with Crippen molar-refractivity contribution in [1.29, 1.82) is 0 Å². The molecular weight excluding hydrogens is 346 g/mol. The summed E-state index contributed by atoms with van der Waals surface area (Å²) in [6, 6.07) is 13.4. The Balaban J connectivity index is 1.48. The van der Waals surface area contributed by atoms with E-state index in [0.717, 1.165) is 10.8 Å². The van der Waals surface area contributed by atoms with Crippen LogP contribution in [0.15, 0.2) is 54.6 Å². The van der Waals surface area contributed by atoms with Gasteiger partial charge in [0.15, 0.2) is 11.9 Å². The number of fused-ring (bicyclic) bond motifs is 6. The minimum Gasteiger partial charge on any atom is -0.357 e. The number of ether oxygens (including phenoxy) is 3.